The van der Waals surface area contributed by atoms with Crippen molar-refractivity contribution in [3.63, 3.8) is 0 Å². The number of aromatic nitrogens is 2. The van der Waals surface area contributed by atoms with Crippen LogP contribution in [0, 0.1) is 5.92 Å². The first-order valence-corrected chi connectivity index (χ1v) is 8.22. The fourth-order valence-electron chi connectivity index (χ4n) is 2.86. The molecule has 1 heterocycles. The van der Waals surface area contributed by atoms with Gasteiger partial charge in [-0.15, -0.1) is 0 Å². The van der Waals surface area contributed by atoms with Gasteiger partial charge in [-0.05, 0) is 43.4 Å². The van der Waals surface area contributed by atoms with E-state index in [1.54, 1.807) is 24.2 Å². The zero-order chi connectivity index (χ0) is 17.2. The summed E-state index contributed by atoms with van der Waals surface area (Å²) in [6, 6.07) is 7.79. The molecule has 0 saturated heterocycles. The predicted molar refractivity (Wildman–Crippen MR) is 92.0 cm³/mol. The molecule has 3 rings (SSSR count). The van der Waals surface area contributed by atoms with Crippen LogP contribution in [-0.2, 0) is 6.54 Å². The van der Waals surface area contributed by atoms with Gasteiger partial charge in [0.25, 0.3) is 5.91 Å². The van der Waals surface area contributed by atoms with Crippen molar-refractivity contribution in [2.45, 2.75) is 31.8 Å². The highest BCUT2D eigenvalue weighted by Gasteiger charge is 2.41. The summed E-state index contributed by atoms with van der Waals surface area (Å²) < 4.78 is 6.91. The highest BCUT2D eigenvalue weighted by atomic mass is 16.5. The van der Waals surface area contributed by atoms with Crippen molar-refractivity contribution in [3.05, 3.63) is 47.8 Å². The Morgan fingerprint density at radius 1 is 1.42 bits per heavy atom. The number of rotatable bonds is 7. The maximum Gasteiger partial charge on any atom is 0.254 e. The number of hydrogen-bond acceptors (Lipinski definition) is 4. The Kier molecular flexibility index (Phi) is 4.57. The van der Waals surface area contributed by atoms with E-state index in [-0.39, 0.29) is 11.4 Å². The molecule has 0 spiro atoms. The van der Waals surface area contributed by atoms with E-state index in [0.717, 1.165) is 24.2 Å². The standard InChI is InChI=1S/C18H24N4O2/c1-18(12-19,15-5-6-15)21-17(23)14-9-20-22(11-14)10-13-3-7-16(24-2)8-4-13/h3-4,7-9,11,15H,5-6,10,12,19H2,1-2H3,(H,21,23). The summed E-state index contributed by atoms with van der Waals surface area (Å²) in [6.07, 6.45) is 5.63. The fourth-order valence-corrected chi connectivity index (χ4v) is 2.86. The highest BCUT2D eigenvalue weighted by Crippen LogP contribution is 2.39. The van der Waals surface area contributed by atoms with Crippen LogP contribution in [0.4, 0.5) is 0 Å². The monoisotopic (exact) mass is 328 g/mol. The van der Waals surface area contributed by atoms with Gasteiger partial charge in [0.1, 0.15) is 5.75 Å². The minimum atomic E-state index is -0.324. The van der Waals surface area contributed by atoms with E-state index in [4.69, 9.17) is 10.5 Å². The molecule has 1 amide bonds. The topological polar surface area (TPSA) is 82.2 Å². The van der Waals surface area contributed by atoms with Gasteiger partial charge in [-0.1, -0.05) is 12.1 Å². The van der Waals surface area contributed by atoms with E-state index in [1.165, 1.54) is 0 Å². The number of methoxy groups -OCH3 is 1. The molecule has 1 saturated carbocycles. The first kappa shape index (κ1) is 16.5. The molecule has 3 N–H and O–H groups in total. The number of nitrogens with two attached hydrogens (primary N) is 1. The molecule has 0 radical (unpaired) electrons. The lowest BCUT2D eigenvalue weighted by atomic mass is 9.95. The van der Waals surface area contributed by atoms with Crippen molar-refractivity contribution >= 4 is 5.91 Å². The van der Waals surface area contributed by atoms with Crippen LogP contribution < -0.4 is 15.8 Å². The molecular weight excluding hydrogens is 304 g/mol. The summed E-state index contributed by atoms with van der Waals surface area (Å²) in [4.78, 5) is 12.5. The Labute approximate surface area is 142 Å². The van der Waals surface area contributed by atoms with Crippen LogP contribution in [0.25, 0.3) is 0 Å². The number of carbonyl (C=O) groups excluding carboxylic acids is 1. The number of nitrogens with one attached hydrogen (secondary N) is 1. The molecule has 0 aliphatic heterocycles. The summed E-state index contributed by atoms with van der Waals surface area (Å²) >= 11 is 0. The minimum Gasteiger partial charge on any atom is -0.497 e. The molecule has 1 aliphatic carbocycles. The zero-order valence-corrected chi connectivity index (χ0v) is 14.2. The number of ether oxygens (including phenoxy) is 1. The quantitative estimate of drug-likeness (QED) is 0.812. The van der Waals surface area contributed by atoms with E-state index < -0.39 is 0 Å². The number of carbonyl (C=O) groups is 1. The molecule has 1 aromatic heterocycles. The van der Waals surface area contributed by atoms with Crippen LogP contribution in [0.2, 0.25) is 0 Å². The average molecular weight is 328 g/mol. The van der Waals surface area contributed by atoms with Crippen LogP contribution in [0.15, 0.2) is 36.7 Å². The van der Waals surface area contributed by atoms with Crippen molar-refractivity contribution in [1.82, 2.24) is 15.1 Å². The largest absolute Gasteiger partial charge is 0.497 e. The van der Waals surface area contributed by atoms with Crippen LogP contribution in [0.1, 0.15) is 35.7 Å². The number of benzene rings is 1. The van der Waals surface area contributed by atoms with Crippen molar-refractivity contribution in [3.8, 4) is 5.75 Å². The summed E-state index contributed by atoms with van der Waals surface area (Å²) in [7, 11) is 1.64. The third kappa shape index (κ3) is 3.59. The maximum atomic E-state index is 12.5. The molecule has 1 unspecified atom stereocenters. The molecule has 24 heavy (non-hydrogen) atoms. The first-order chi connectivity index (χ1) is 11.5. The lowest BCUT2D eigenvalue weighted by Crippen LogP contribution is -2.53. The normalized spacial score (nSPS) is 16.5. The average Bonchev–Trinajstić information content (AvgIpc) is 3.36. The van der Waals surface area contributed by atoms with Crippen LogP contribution in [0.3, 0.4) is 0 Å². The van der Waals surface area contributed by atoms with E-state index >= 15 is 0 Å². The van der Waals surface area contributed by atoms with Gasteiger partial charge in [-0.3, -0.25) is 9.48 Å². The first-order valence-electron chi connectivity index (χ1n) is 8.22. The van der Waals surface area contributed by atoms with Gasteiger partial charge in [0.2, 0.25) is 0 Å². The summed E-state index contributed by atoms with van der Waals surface area (Å²) in [5.74, 6) is 1.19. The van der Waals surface area contributed by atoms with Crippen LogP contribution in [0.5, 0.6) is 5.75 Å². The minimum absolute atomic E-state index is 0.115. The van der Waals surface area contributed by atoms with Crippen molar-refractivity contribution in [2.75, 3.05) is 13.7 Å². The Hall–Kier alpha value is -2.34. The number of nitrogens with zero attached hydrogens (tertiary/aromatic N) is 2. The van der Waals surface area contributed by atoms with Gasteiger partial charge in [0.05, 0.1) is 31.0 Å². The van der Waals surface area contributed by atoms with E-state index in [9.17, 15) is 4.79 Å². The van der Waals surface area contributed by atoms with Gasteiger partial charge in [-0.25, -0.2) is 0 Å². The van der Waals surface area contributed by atoms with E-state index in [2.05, 4.69) is 10.4 Å². The highest BCUT2D eigenvalue weighted by molar-refractivity contribution is 5.94. The van der Waals surface area contributed by atoms with Crippen molar-refractivity contribution in [2.24, 2.45) is 11.7 Å². The van der Waals surface area contributed by atoms with Gasteiger partial charge in [0.15, 0.2) is 0 Å². The zero-order valence-electron chi connectivity index (χ0n) is 14.2. The van der Waals surface area contributed by atoms with E-state index in [1.807, 2.05) is 31.2 Å². The van der Waals surface area contributed by atoms with Crippen LogP contribution >= 0.6 is 0 Å². The van der Waals surface area contributed by atoms with Gasteiger partial charge >= 0.3 is 0 Å². The Morgan fingerprint density at radius 3 is 2.71 bits per heavy atom. The third-order valence-corrected chi connectivity index (χ3v) is 4.70. The van der Waals surface area contributed by atoms with Crippen molar-refractivity contribution < 1.29 is 9.53 Å². The second kappa shape index (κ2) is 6.65. The van der Waals surface area contributed by atoms with Crippen molar-refractivity contribution in [1.29, 1.82) is 0 Å². The second-order valence-electron chi connectivity index (χ2n) is 6.62. The Bertz CT molecular complexity index is 706. The molecule has 6 nitrogen and oxygen atoms in total. The molecule has 2 aromatic rings. The summed E-state index contributed by atoms with van der Waals surface area (Å²) in [5.41, 5.74) is 7.19. The molecule has 1 aromatic carbocycles. The molecule has 128 valence electrons. The lowest BCUT2D eigenvalue weighted by Gasteiger charge is -2.29. The van der Waals surface area contributed by atoms with Gasteiger partial charge < -0.3 is 15.8 Å². The molecule has 1 fully saturated rings. The Balaban J connectivity index is 1.64. The Morgan fingerprint density at radius 2 is 2.12 bits per heavy atom. The molecule has 0 bridgehead atoms. The van der Waals surface area contributed by atoms with Crippen LogP contribution in [-0.4, -0.2) is 34.9 Å². The van der Waals surface area contributed by atoms with E-state index in [0.29, 0.717) is 24.6 Å². The molecular formula is C18H24N4O2. The fraction of sp³-hybridized carbons (Fsp3) is 0.444. The predicted octanol–water partition coefficient (Wildman–Crippen LogP) is 1.80. The smallest absolute Gasteiger partial charge is 0.254 e. The maximum absolute atomic E-state index is 12.5. The van der Waals surface area contributed by atoms with Gasteiger partial charge in [0, 0.05) is 12.7 Å². The second-order valence-corrected chi connectivity index (χ2v) is 6.62. The SMILES string of the molecule is COc1ccc(Cn2cc(C(=O)NC(C)(CN)C3CC3)cn2)cc1. The summed E-state index contributed by atoms with van der Waals surface area (Å²) in [5, 5.41) is 7.36. The summed E-state index contributed by atoms with van der Waals surface area (Å²) in [6.45, 7) is 3.07. The lowest BCUT2D eigenvalue weighted by molar-refractivity contribution is 0.0897. The number of amides is 1. The molecule has 6 heteroatoms. The van der Waals surface area contributed by atoms with Gasteiger partial charge in [-0.2, -0.15) is 5.10 Å². The molecule has 1 atom stereocenters. The number of hydrogen-bond donors (Lipinski definition) is 2. The third-order valence-electron chi connectivity index (χ3n) is 4.70. The molecule has 1 aliphatic rings.